The number of hydrogen-bond donors (Lipinski definition) is 2. The SMILES string of the molecule is CCC(CC)NCc1ccccc1CNC(=O)OC(C)(C)C. The molecule has 1 amide bonds. The van der Waals surface area contributed by atoms with E-state index in [1.807, 2.05) is 39.0 Å². The van der Waals surface area contributed by atoms with Gasteiger partial charge in [0.1, 0.15) is 5.60 Å². The summed E-state index contributed by atoms with van der Waals surface area (Å²) in [4.78, 5) is 11.8. The summed E-state index contributed by atoms with van der Waals surface area (Å²) in [5.74, 6) is 0. The van der Waals surface area contributed by atoms with Crippen LogP contribution in [0.25, 0.3) is 0 Å². The van der Waals surface area contributed by atoms with Crippen LogP contribution in [0.1, 0.15) is 58.6 Å². The van der Waals surface area contributed by atoms with Crippen molar-refractivity contribution in [1.29, 1.82) is 0 Å². The van der Waals surface area contributed by atoms with Crippen molar-refractivity contribution in [3.05, 3.63) is 35.4 Å². The van der Waals surface area contributed by atoms with E-state index in [1.165, 1.54) is 5.56 Å². The van der Waals surface area contributed by atoms with E-state index in [0.29, 0.717) is 12.6 Å². The Balaban J connectivity index is 2.58. The fourth-order valence-corrected chi connectivity index (χ4v) is 2.22. The van der Waals surface area contributed by atoms with Gasteiger partial charge in [-0.25, -0.2) is 4.79 Å². The minimum absolute atomic E-state index is 0.379. The van der Waals surface area contributed by atoms with Gasteiger partial charge in [0.25, 0.3) is 0 Å². The van der Waals surface area contributed by atoms with E-state index in [4.69, 9.17) is 4.74 Å². The van der Waals surface area contributed by atoms with E-state index in [2.05, 4.69) is 30.5 Å². The molecule has 0 aromatic heterocycles. The van der Waals surface area contributed by atoms with Gasteiger partial charge in [-0.15, -0.1) is 0 Å². The second kappa shape index (κ2) is 8.79. The third-order valence-corrected chi connectivity index (χ3v) is 3.51. The van der Waals surface area contributed by atoms with E-state index >= 15 is 0 Å². The third-order valence-electron chi connectivity index (χ3n) is 3.51. The van der Waals surface area contributed by atoms with Crippen LogP contribution in [0.4, 0.5) is 4.79 Å². The summed E-state index contributed by atoms with van der Waals surface area (Å²) in [6.45, 7) is 11.3. The van der Waals surface area contributed by atoms with Crippen LogP contribution in [0.15, 0.2) is 24.3 Å². The van der Waals surface area contributed by atoms with Crippen LogP contribution in [-0.4, -0.2) is 17.7 Å². The molecule has 0 aliphatic carbocycles. The highest BCUT2D eigenvalue weighted by Crippen LogP contribution is 2.11. The molecule has 4 nitrogen and oxygen atoms in total. The molecule has 0 atom stereocenters. The van der Waals surface area contributed by atoms with Crippen molar-refractivity contribution >= 4 is 6.09 Å². The fourth-order valence-electron chi connectivity index (χ4n) is 2.22. The van der Waals surface area contributed by atoms with Crippen molar-refractivity contribution in [3.63, 3.8) is 0 Å². The molecule has 0 fully saturated rings. The summed E-state index contributed by atoms with van der Waals surface area (Å²) in [7, 11) is 0. The molecule has 0 aliphatic rings. The Kier molecular flexibility index (Phi) is 7.39. The van der Waals surface area contributed by atoms with Gasteiger partial charge in [-0.3, -0.25) is 0 Å². The monoisotopic (exact) mass is 306 g/mol. The Hall–Kier alpha value is -1.55. The third kappa shape index (κ3) is 6.94. The van der Waals surface area contributed by atoms with Crippen molar-refractivity contribution in [2.45, 2.75) is 72.2 Å². The first-order valence-electron chi connectivity index (χ1n) is 8.12. The van der Waals surface area contributed by atoms with Crippen molar-refractivity contribution < 1.29 is 9.53 Å². The summed E-state index contributed by atoms with van der Waals surface area (Å²) < 4.78 is 5.27. The zero-order valence-corrected chi connectivity index (χ0v) is 14.5. The summed E-state index contributed by atoms with van der Waals surface area (Å²) >= 11 is 0. The van der Waals surface area contributed by atoms with Gasteiger partial charge < -0.3 is 15.4 Å². The standard InChI is InChI=1S/C18H30N2O2/c1-6-16(7-2)19-12-14-10-8-9-11-15(14)13-20-17(21)22-18(3,4)5/h8-11,16,19H,6-7,12-13H2,1-5H3,(H,20,21). The fraction of sp³-hybridized carbons (Fsp3) is 0.611. The number of amides is 1. The Bertz CT molecular complexity index is 462. The van der Waals surface area contributed by atoms with Crippen LogP contribution < -0.4 is 10.6 Å². The number of benzene rings is 1. The zero-order valence-electron chi connectivity index (χ0n) is 14.5. The summed E-state index contributed by atoms with van der Waals surface area (Å²) in [5, 5.41) is 6.38. The van der Waals surface area contributed by atoms with E-state index in [9.17, 15) is 4.79 Å². The molecule has 0 aliphatic heterocycles. The second-order valence-electron chi connectivity index (χ2n) is 6.52. The first-order valence-corrected chi connectivity index (χ1v) is 8.12. The van der Waals surface area contributed by atoms with Gasteiger partial charge in [-0.2, -0.15) is 0 Å². The molecule has 0 saturated carbocycles. The van der Waals surface area contributed by atoms with Crippen LogP contribution in [0, 0.1) is 0 Å². The molecule has 1 aromatic carbocycles. The number of ether oxygens (including phenoxy) is 1. The van der Waals surface area contributed by atoms with E-state index < -0.39 is 5.60 Å². The maximum absolute atomic E-state index is 11.8. The maximum atomic E-state index is 11.8. The molecule has 2 N–H and O–H groups in total. The second-order valence-corrected chi connectivity index (χ2v) is 6.52. The molecule has 124 valence electrons. The highest BCUT2D eigenvalue weighted by molar-refractivity contribution is 5.67. The van der Waals surface area contributed by atoms with E-state index in [0.717, 1.165) is 24.9 Å². The summed E-state index contributed by atoms with van der Waals surface area (Å²) in [5.41, 5.74) is 1.86. The van der Waals surface area contributed by atoms with Crippen LogP contribution in [0.3, 0.4) is 0 Å². The number of alkyl carbamates (subject to hydrolysis) is 1. The van der Waals surface area contributed by atoms with Crippen LogP contribution in [-0.2, 0) is 17.8 Å². The minimum Gasteiger partial charge on any atom is -0.444 e. The van der Waals surface area contributed by atoms with E-state index in [1.54, 1.807) is 0 Å². The average molecular weight is 306 g/mol. The molecule has 22 heavy (non-hydrogen) atoms. The number of hydrogen-bond acceptors (Lipinski definition) is 3. The molecule has 0 bridgehead atoms. The average Bonchev–Trinajstić information content (AvgIpc) is 2.45. The van der Waals surface area contributed by atoms with Gasteiger partial charge in [0, 0.05) is 19.1 Å². The van der Waals surface area contributed by atoms with Gasteiger partial charge >= 0.3 is 6.09 Å². The first-order chi connectivity index (χ1) is 10.4. The highest BCUT2D eigenvalue weighted by Gasteiger charge is 2.16. The first kappa shape index (κ1) is 18.5. The maximum Gasteiger partial charge on any atom is 0.407 e. The number of carbonyl (C=O) groups excluding carboxylic acids is 1. The molecule has 1 aromatic rings. The Morgan fingerprint density at radius 2 is 1.64 bits per heavy atom. The largest absolute Gasteiger partial charge is 0.444 e. The predicted octanol–water partition coefficient (Wildman–Crippen LogP) is 3.99. The lowest BCUT2D eigenvalue weighted by atomic mass is 10.1. The Morgan fingerprint density at radius 3 is 2.14 bits per heavy atom. The summed E-state index contributed by atoms with van der Waals surface area (Å²) in [6, 6.07) is 8.70. The van der Waals surface area contributed by atoms with E-state index in [-0.39, 0.29) is 6.09 Å². The predicted molar refractivity (Wildman–Crippen MR) is 90.7 cm³/mol. The molecule has 0 spiro atoms. The molecule has 0 saturated heterocycles. The van der Waals surface area contributed by atoms with Crippen LogP contribution in [0.5, 0.6) is 0 Å². The van der Waals surface area contributed by atoms with Gasteiger partial charge in [-0.05, 0) is 44.7 Å². The van der Waals surface area contributed by atoms with Crippen molar-refractivity contribution in [1.82, 2.24) is 10.6 Å². The molecule has 0 heterocycles. The zero-order chi connectivity index (χ0) is 16.6. The molecule has 4 heteroatoms. The Labute approximate surface area is 134 Å². The lowest BCUT2D eigenvalue weighted by molar-refractivity contribution is 0.0523. The van der Waals surface area contributed by atoms with Crippen molar-refractivity contribution in [3.8, 4) is 0 Å². The highest BCUT2D eigenvalue weighted by atomic mass is 16.6. The normalized spacial score (nSPS) is 11.5. The van der Waals surface area contributed by atoms with Gasteiger partial charge in [0.15, 0.2) is 0 Å². The molecule has 1 rings (SSSR count). The Morgan fingerprint density at radius 1 is 1.09 bits per heavy atom. The van der Waals surface area contributed by atoms with Crippen LogP contribution in [0.2, 0.25) is 0 Å². The van der Waals surface area contributed by atoms with Crippen LogP contribution >= 0.6 is 0 Å². The number of carbonyl (C=O) groups is 1. The van der Waals surface area contributed by atoms with Crippen molar-refractivity contribution in [2.24, 2.45) is 0 Å². The summed E-state index contributed by atoms with van der Waals surface area (Å²) in [6.07, 6.45) is 1.86. The lowest BCUT2D eigenvalue weighted by Gasteiger charge is -2.20. The van der Waals surface area contributed by atoms with Gasteiger partial charge in [-0.1, -0.05) is 38.1 Å². The minimum atomic E-state index is -0.472. The number of nitrogens with one attached hydrogen (secondary N) is 2. The lowest BCUT2D eigenvalue weighted by Crippen LogP contribution is -2.32. The molecule has 0 unspecified atom stereocenters. The topological polar surface area (TPSA) is 50.4 Å². The molecular weight excluding hydrogens is 276 g/mol. The molecular formula is C18H30N2O2. The van der Waals surface area contributed by atoms with Gasteiger partial charge in [0.05, 0.1) is 0 Å². The van der Waals surface area contributed by atoms with Gasteiger partial charge in [0.2, 0.25) is 0 Å². The molecule has 0 radical (unpaired) electrons. The smallest absolute Gasteiger partial charge is 0.407 e. The quantitative estimate of drug-likeness (QED) is 0.801. The van der Waals surface area contributed by atoms with Crippen molar-refractivity contribution in [2.75, 3.05) is 0 Å². The number of rotatable bonds is 7.